The maximum Gasteiger partial charge on any atom is 0.265 e. The van der Waals surface area contributed by atoms with Gasteiger partial charge in [-0.05, 0) is 33.5 Å². The molecular weight excluding hydrogens is 262 g/mol. The first-order chi connectivity index (χ1) is 8.91. The number of nitrogens with two attached hydrogens (primary N) is 1. The number of nitrogens with zero attached hydrogens (tertiary/aromatic N) is 3. The van der Waals surface area contributed by atoms with Crippen LogP contribution in [0.2, 0.25) is 0 Å². The van der Waals surface area contributed by atoms with Crippen LogP contribution in [0.25, 0.3) is 0 Å². The normalized spacial score (nSPS) is 10.8. The quantitative estimate of drug-likeness (QED) is 0.727. The number of nitrogens with one attached hydrogen (secondary N) is 1. The highest BCUT2D eigenvalue weighted by Crippen LogP contribution is 2.26. The minimum Gasteiger partial charge on any atom is -0.382 e. The molecule has 1 aromatic heterocycles. The lowest BCUT2D eigenvalue weighted by Crippen LogP contribution is -2.25. The van der Waals surface area contributed by atoms with E-state index >= 15 is 0 Å². The molecule has 1 rings (SSSR count). The highest BCUT2D eigenvalue weighted by molar-refractivity contribution is 7.18. The van der Waals surface area contributed by atoms with Crippen molar-refractivity contribution < 1.29 is 4.79 Å². The smallest absolute Gasteiger partial charge is 0.265 e. The zero-order chi connectivity index (χ0) is 14.4. The van der Waals surface area contributed by atoms with Gasteiger partial charge in [-0.3, -0.25) is 4.79 Å². The van der Waals surface area contributed by atoms with Crippen LogP contribution in [0.3, 0.4) is 0 Å². The summed E-state index contributed by atoms with van der Waals surface area (Å²) in [6.45, 7) is 1.70. The lowest BCUT2D eigenvalue weighted by Gasteiger charge is -2.09. The number of hydrogen-bond donors (Lipinski definition) is 2. The Kier molecular flexibility index (Phi) is 6.04. The van der Waals surface area contributed by atoms with Gasteiger partial charge >= 0.3 is 0 Å². The fourth-order valence-corrected chi connectivity index (χ4v) is 2.33. The van der Waals surface area contributed by atoms with Crippen LogP contribution in [0.15, 0.2) is 0 Å². The van der Waals surface area contributed by atoms with Gasteiger partial charge in [0.05, 0.1) is 0 Å². The SMILES string of the molecule is CN(C)CCCCNC(=O)c1sc(N(C)C)nc1N. The first-order valence-corrected chi connectivity index (χ1v) is 7.10. The summed E-state index contributed by atoms with van der Waals surface area (Å²) in [6, 6.07) is 0. The second kappa shape index (κ2) is 7.30. The van der Waals surface area contributed by atoms with Crippen LogP contribution in [-0.2, 0) is 0 Å². The van der Waals surface area contributed by atoms with E-state index in [1.54, 1.807) is 0 Å². The van der Waals surface area contributed by atoms with Gasteiger partial charge < -0.3 is 20.9 Å². The molecule has 0 saturated carbocycles. The third-order valence-corrected chi connectivity index (χ3v) is 3.79. The van der Waals surface area contributed by atoms with Crippen LogP contribution < -0.4 is 16.0 Å². The van der Waals surface area contributed by atoms with Crippen LogP contribution in [0, 0.1) is 0 Å². The summed E-state index contributed by atoms with van der Waals surface area (Å²) in [5.74, 6) is 0.174. The van der Waals surface area contributed by atoms with Crippen molar-refractivity contribution in [1.29, 1.82) is 0 Å². The standard InChI is InChI=1S/C12H23N5OS/c1-16(2)8-6-5-7-14-11(18)9-10(13)15-12(19-9)17(3)4/h5-8,13H2,1-4H3,(H,14,18). The zero-order valence-corrected chi connectivity index (χ0v) is 12.9. The van der Waals surface area contributed by atoms with Gasteiger partial charge in [0, 0.05) is 20.6 Å². The lowest BCUT2D eigenvalue weighted by molar-refractivity contribution is 0.0957. The van der Waals surface area contributed by atoms with Gasteiger partial charge in [-0.25, -0.2) is 4.98 Å². The van der Waals surface area contributed by atoms with Crippen LogP contribution >= 0.6 is 11.3 Å². The number of rotatable bonds is 7. The molecule has 7 heteroatoms. The Morgan fingerprint density at radius 1 is 1.32 bits per heavy atom. The first-order valence-electron chi connectivity index (χ1n) is 6.28. The largest absolute Gasteiger partial charge is 0.382 e. The van der Waals surface area contributed by atoms with Gasteiger partial charge in [0.2, 0.25) is 0 Å². The Hall–Kier alpha value is -1.34. The highest BCUT2D eigenvalue weighted by atomic mass is 32.1. The summed E-state index contributed by atoms with van der Waals surface area (Å²) in [6.07, 6.45) is 2.03. The molecule has 1 heterocycles. The molecule has 0 saturated heterocycles. The van der Waals surface area contributed by atoms with E-state index in [1.165, 1.54) is 11.3 Å². The Labute approximate surface area is 118 Å². The lowest BCUT2D eigenvalue weighted by atomic mass is 10.3. The molecule has 0 aliphatic carbocycles. The molecule has 0 unspecified atom stereocenters. The predicted molar refractivity (Wildman–Crippen MR) is 81.0 cm³/mol. The van der Waals surface area contributed by atoms with Gasteiger partial charge in [-0.2, -0.15) is 0 Å². The Balaban J connectivity index is 2.41. The van der Waals surface area contributed by atoms with Crippen molar-refractivity contribution in [1.82, 2.24) is 15.2 Å². The van der Waals surface area contributed by atoms with Crippen molar-refractivity contribution in [3.8, 4) is 0 Å². The maximum atomic E-state index is 11.9. The summed E-state index contributed by atoms with van der Waals surface area (Å²) in [4.78, 5) is 20.6. The number of unbranched alkanes of at least 4 members (excludes halogenated alkanes) is 1. The van der Waals surface area contributed by atoms with E-state index in [-0.39, 0.29) is 5.91 Å². The van der Waals surface area contributed by atoms with Crippen LogP contribution in [0.4, 0.5) is 10.9 Å². The summed E-state index contributed by atoms with van der Waals surface area (Å²) >= 11 is 1.31. The van der Waals surface area contributed by atoms with Crippen molar-refractivity contribution in [2.75, 3.05) is 51.9 Å². The molecule has 1 amide bonds. The monoisotopic (exact) mass is 285 g/mol. The van der Waals surface area contributed by atoms with E-state index in [0.29, 0.717) is 17.2 Å². The first kappa shape index (κ1) is 15.7. The van der Waals surface area contributed by atoms with Crippen molar-refractivity contribution in [2.24, 2.45) is 0 Å². The summed E-state index contributed by atoms with van der Waals surface area (Å²) in [5.41, 5.74) is 5.76. The number of anilines is 2. The van der Waals surface area contributed by atoms with Gasteiger partial charge in [-0.15, -0.1) is 0 Å². The van der Waals surface area contributed by atoms with Gasteiger partial charge in [-0.1, -0.05) is 11.3 Å². The molecule has 3 N–H and O–H groups in total. The molecule has 0 aromatic carbocycles. The molecular formula is C12H23N5OS. The van der Waals surface area contributed by atoms with Gasteiger partial charge in [0.1, 0.15) is 10.7 Å². The number of aromatic nitrogens is 1. The Morgan fingerprint density at radius 2 is 2.00 bits per heavy atom. The van der Waals surface area contributed by atoms with Crippen LogP contribution in [0.5, 0.6) is 0 Å². The van der Waals surface area contributed by atoms with Crippen molar-refractivity contribution in [3.05, 3.63) is 4.88 Å². The number of carbonyl (C=O) groups is 1. The number of carbonyl (C=O) groups excluding carboxylic acids is 1. The Bertz CT molecular complexity index is 416. The average Bonchev–Trinajstić information content (AvgIpc) is 2.70. The van der Waals surface area contributed by atoms with Crippen molar-refractivity contribution in [3.63, 3.8) is 0 Å². The minimum absolute atomic E-state index is 0.132. The number of hydrogen-bond acceptors (Lipinski definition) is 6. The predicted octanol–water partition coefficient (Wildman–Crippen LogP) is 0.863. The fraction of sp³-hybridized carbons (Fsp3) is 0.667. The van der Waals surface area contributed by atoms with Crippen LogP contribution in [0.1, 0.15) is 22.5 Å². The molecule has 0 spiro atoms. The molecule has 6 nitrogen and oxygen atoms in total. The van der Waals surface area contributed by atoms with Crippen molar-refractivity contribution >= 4 is 28.2 Å². The van der Waals surface area contributed by atoms with Crippen LogP contribution in [-0.4, -0.2) is 57.1 Å². The third-order valence-electron chi connectivity index (χ3n) is 2.55. The molecule has 19 heavy (non-hydrogen) atoms. The molecule has 0 fully saturated rings. The van der Waals surface area contributed by atoms with E-state index in [0.717, 1.165) is 24.5 Å². The second-order valence-corrected chi connectivity index (χ2v) is 5.85. The van der Waals surface area contributed by atoms with E-state index < -0.39 is 0 Å². The molecule has 0 aliphatic rings. The maximum absolute atomic E-state index is 11.9. The Morgan fingerprint density at radius 3 is 2.53 bits per heavy atom. The third kappa shape index (κ3) is 5.04. The zero-order valence-electron chi connectivity index (χ0n) is 12.1. The minimum atomic E-state index is -0.132. The summed E-state index contributed by atoms with van der Waals surface area (Å²) in [7, 11) is 7.83. The summed E-state index contributed by atoms with van der Waals surface area (Å²) in [5, 5.41) is 3.63. The second-order valence-electron chi connectivity index (χ2n) is 4.87. The van der Waals surface area contributed by atoms with Gasteiger partial charge in [0.25, 0.3) is 5.91 Å². The van der Waals surface area contributed by atoms with E-state index in [2.05, 4.69) is 15.2 Å². The van der Waals surface area contributed by atoms with E-state index in [9.17, 15) is 4.79 Å². The molecule has 0 bridgehead atoms. The number of amides is 1. The van der Waals surface area contributed by atoms with Crippen molar-refractivity contribution in [2.45, 2.75) is 12.8 Å². The molecule has 0 atom stereocenters. The molecule has 0 aliphatic heterocycles. The van der Waals surface area contributed by atoms with Gasteiger partial charge in [0.15, 0.2) is 5.13 Å². The summed E-state index contributed by atoms with van der Waals surface area (Å²) < 4.78 is 0. The molecule has 1 aromatic rings. The van der Waals surface area contributed by atoms with E-state index in [1.807, 2.05) is 33.1 Å². The molecule has 0 radical (unpaired) electrons. The topological polar surface area (TPSA) is 74.5 Å². The van der Waals surface area contributed by atoms with E-state index in [4.69, 9.17) is 5.73 Å². The molecule has 108 valence electrons. The number of nitrogen functional groups attached to an aromatic ring is 1. The highest BCUT2D eigenvalue weighted by Gasteiger charge is 2.16. The fourth-order valence-electron chi connectivity index (χ4n) is 1.51. The number of thiazole rings is 1. The average molecular weight is 285 g/mol.